The Morgan fingerprint density at radius 1 is 1.11 bits per heavy atom. The van der Waals surface area contributed by atoms with Gasteiger partial charge in [-0.05, 0) is 56.2 Å². The third-order valence-electron chi connectivity index (χ3n) is 2.44. The molecule has 0 spiro atoms. The van der Waals surface area contributed by atoms with E-state index in [9.17, 15) is 0 Å². The number of methoxy groups -OCH3 is 1. The molecule has 2 aromatic carbocycles. The molecule has 0 aromatic heterocycles. The van der Waals surface area contributed by atoms with Gasteiger partial charge in [0.1, 0.15) is 6.61 Å². The summed E-state index contributed by atoms with van der Waals surface area (Å²) < 4.78 is 13.2. The van der Waals surface area contributed by atoms with Gasteiger partial charge in [-0.2, -0.15) is 0 Å². The van der Waals surface area contributed by atoms with Crippen LogP contribution in [-0.2, 0) is 6.61 Å². The molecule has 0 amide bonds. The van der Waals surface area contributed by atoms with Crippen LogP contribution in [0.2, 0.25) is 0 Å². The van der Waals surface area contributed by atoms with Gasteiger partial charge in [0.2, 0.25) is 0 Å². The maximum absolute atomic E-state index is 5.80. The summed E-state index contributed by atoms with van der Waals surface area (Å²) in [5, 5.41) is 0. The van der Waals surface area contributed by atoms with E-state index in [1.807, 2.05) is 42.5 Å². The van der Waals surface area contributed by atoms with Crippen LogP contribution in [0.15, 0.2) is 46.9 Å². The van der Waals surface area contributed by atoms with Gasteiger partial charge in [0.05, 0.1) is 7.11 Å². The molecule has 0 heterocycles. The lowest BCUT2D eigenvalue weighted by molar-refractivity contribution is 0.284. The molecule has 2 aromatic rings. The molecular weight excluding hydrogens is 407 g/mol. The number of ether oxygens (including phenoxy) is 2. The molecule has 94 valence electrons. The molecule has 4 heteroatoms. The lowest BCUT2D eigenvalue weighted by atomic mass is 10.2. The second-order valence-corrected chi connectivity index (χ2v) is 5.71. The second-order valence-electron chi connectivity index (χ2n) is 3.69. The minimum Gasteiger partial charge on any atom is -0.493 e. The molecular formula is C14H12BrIO2. The molecule has 0 aliphatic carbocycles. The average Bonchev–Trinajstić information content (AvgIpc) is 2.41. The van der Waals surface area contributed by atoms with Crippen molar-refractivity contribution in [2.45, 2.75) is 6.61 Å². The Morgan fingerprint density at radius 2 is 1.83 bits per heavy atom. The van der Waals surface area contributed by atoms with Gasteiger partial charge >= 0.3 is 0 Å². The fourth-order valence-corrected chi connectivity index (χ4v) is 2.28. The third kappa shape index (κ3) is 3.38. The van der Waals surface area contributed by atoms with Crippen LogP contribution in [0.3, 0.4) is 0 Å². The normalized spacial score (nSPS) is 10.2. The number of rotatable bonds is 4. The highest BCUT2D eigenvalue weighted by molar-refractivity contribution is 14.1. The van der Waals surface area contributed by atoms with Crippen molar-refractivity contribution < 1.29 is 9.47 Å². The number of halogens is 2. The van der Waals surface area contributed by atoms with Crippen molar-refractivity contribution >= 4 is 38.5 Å². The van der Waals surface area contributed by atoms with E-state index in [0.717, 1.165) is 25.1 Å². The topological polar surface area (TPSA) is 18.5 Å². The minimum absolute atomic E-state index is 0.537. The highest BCUT2D eigenvalue weighted by Crippen LogP contribution is 2.34. The summed E-state index contributed by atoms with van der Waals surface area (Å²) in [5.41, 5.74) is 1.14. The number of hydrogen-bond acceptors (Lipinski definition) is 2. The van der Waals surface area contributed by atoms with Crippen LogP contribution in [0.4, 0.5) is 0 Å². The fraction of sp³-hybridized carbons (Fsp3) is 0.143. The van der Waals surface area contributed by atoms with E-state index < -0.39 is 0 Å². The van der Waals surface area contributed by atoms with Crippen LogP contribution in [-0.4, -0.2) is 7.11 Å². The van der Waals surface area contributed by atoms with Crippen LogP contribution < -0.4 is 9.47 Å². The van der Waals surface area contributed by atoms with E-state index in [0.29, 0.717) is 6.61 Å². The second kappa shape index (κ2) is 6.43. The Kier molecular flexibility index (Phi) is 4.88. The molecule has 0 saturated carbocycles. The van der Waals surface area contributed by atoms with Gasteiger partial charge in [0, 0.05) is 8.04 Å². The van der Waals surface area contributed by atoms with Crippen LogP contribution in [0, 0.1) is 3.57 Å². The van der Waals surface area contributed by atoms with Crippen molar-refractivity contribution in [3.8, 4) is 11.5 Å². The molecule has 0 unspecified atom stereocenters. The van der Waals surface area contributed by atoms with E-state index in [2.05, 4.69) is 38.5 Å². The summed E-state index contributed by atoms with van der Waals surface area (Å²) in [6, 6.07) is 14.0. The largest absolute Gasteiger partial charge is 0.493 e. The Labute approximate surface area is 129 Å². The first-order chi connectivity index (χ1) is 8.70. The van der Waals surface area contributed by atoms with Gasteiger partial charge < -0.3 is 9.47 Å². The van der Waals surface area contributed by atoms with Gasteiger partial charge in [-0.25, -0.2) is 0 Å². The van der Waals surface area contributed by atoms with E-state index in [-0.39, 0.29) is 0 Å². The maximum Gasteiger partial charge on any atom is 0.162 e. The molecule has 18 heavy (non-hydrogen) atoms. The lowest BCUT2D eigenvalue weighted by Crippen LogP contribution is -1.98. The van der Waals surface area contributed by atoms with Crippen molar-refractivity contribution in [2.24, 2.45) is 0 Å². The predicted octanol–water partition coefficient (Wildman–Crippen LogP) is 4.64. The summed E-state index contributed by atoms with van der Waals surface area (Å²) in [6.45, 7) is 0.537. The fourth-order valence-electron chi connectivity index (χ4n) is 1.52. The molecule has 0 atom stereocenters. The summed E-state index contributed by atoms with van der Waals surface area (Å²) >= 11 is 5.73. The lowest BCUT2D eigenvalue weighted by Gasteiger charge is -2.12. The van der Waals surface area contributed by atoms with Crippen LogP contribution >= 0.6 is 38.5 Å². The zero-order valence-corrected chi connectivity index (χ0v) is 13.6. The monoisotopic (exact) mass is 418 g/mol. The quantitative estimate of drug-likeness (QED) is 0.673. The molecule has 2 rings (SSSR count). The smallest absolute Gasteiger partial charge is 0.162 e. The van der Waals surface area contributed by atoms with Crippen molar-refractivity contribution in [1.29, 1.82) is 0 Å². The Hall–Kier alpha value is -0.750. The Morgan fingerprint density at radius 3 is 2.50 bits per heavy atom. The van der Waals surface area contributed by atoms with Crippen molar-refractivity contribution in [1.82, 2.24) is 0 Å². The molecule has 0 aliphatic rings. The van der Waals surface area contributed by atoms with Gasteiger partial charge in [0.25, 0.3) is 0 Å². The van der Waals surface area contributed by atoms with E-state index >= 15 is 0 Å². The standard InChI is InChI=1S/C14H12BrIO2/c1-17-13-7-11(15)12(16)8-14(13)18-9-10-5-3-2-4-6-10/h2-8H,9H2,1H3. The SMILES string of the molecule is COc1cc(Br)c(I)cc1OCc1ccccc1. The highest BCUT2D eigenvalue weighted by Gasteiger charge is 2.08. The first-order valence-electron chi connectivity index (χ1n) is 5.40. The number of hydrogen-bond donors (Lipinski definition) is 0. The van der Waals surface area contributed by atoms with Crippen LogP contribution in [0.5, 0.6) is 11.5 Å². The summed E-state index contributed by atoms with van der Waals surface area (Å²) in [6.07, 6.45) is 0. The zero-order valence-electron chi connectivity index (χ0n) is 9.82. The maximum atomic E-state index is 5.80. The van der Waals surface area contributed by atoms with E-state index in [1.165, 1.54) is 0 Å². The Balaban J connectivity index is 2.16. The summed E-state index contributed by atoms with van der Waals surface area (Å²) in [5.74, 6) is 1.49. The molecule has 0 fully saturated rings. The van der Waals surface area contributed by atoms with Crippen LogP contribution in [0.25, 0.3) is 0 Å². The molecule has 2 nitrogen and oxygen atoms in total. The van der Waals surface area contributed by atoms with Gasteiger partial charge in [0.15, 0.2) is 11.5 Å². The van der Waals surface area contributed by atoms with Gasteiger partial charge in [-0.1, -0.05) is 30.3 Å². The van der Waals surface area contributed by atoms with Gasteiger partial charge in [-0.15, -0.1) is 0 Å². The first-order valence-corrected chi connectivity index (χ1v) is 7.27. The molecule has 0 aliphatic heterocycles. The third-order valence-corrected chi connectivity index (χ3v) is 4.73. The summed E-state index contributed by atoms with van der Waals surface area (Å²) in [4.78, 5) is 0. The average molecular weight is 419 g/mol. The van der Waals surface area contributed by atoms with Crippen molar-refractivity contribution in [3.63, 3.8) is 0 Å². The molecule has 0 bridgehead atoms. The van der Waals surface area contributed by atoms with Crippen molar-refractivity contribution in [2.75, 3.05) is 7.11 Å². The minimum atomic E-state index is 0.537. The number of benzene rings is 2. The predicted molar refractivity (Wildman–Crippen MR) is 84.2 cm³/mol. The van der Waals surface area contributed by atoms with Crippen LogP contribution in [0.1, 0.15) is 5.56 Å². The highest BCUT2D eigenvalue weighted by atomic mass is 127. The van der Waals surface area contributed by atoms with Crippen molar-refractivity contribution in [3.05, 3.63) is 56.1 Å². The zero-order chi connectivity index (χ0) is 13.0. The van der Waals surface area contributed by atoms with E-state index in [1.54, 1.807) is 7.11 Å². The van der Waals surface area contributed by atoms with Gasteiger partial charge in [-0.3, -0.25) is 0 Å². The molecule has 0 N–H and O–H groups in total. The molecule has 0 saturated heterocycles. The molecule has 0 radical (unpaired) electrons. The summed E-state index contributed by atoms with van der Waals surface area (Å²) in [7, 11) is 1.64. The Bertz CT molecular complexity index is 529. The van der Waals surface area contributed by atoms with E-state index in [4.69, 9.17) is 9.47 Å². The first kappa shape index (κ1) is 13.7.